The summed E-state index contributed by atoms with van der Waals surface area (Å²) in [4.78, 5) is 3.47. The quantitative estimate of drug-likeness (QED) is 0.877. The number of aliphatic hydroxyl groups is 1. The van der Waals surface area contributed by atoms with E-state index in [0.29, 0.717) is 17.5 Å². The van der Waals surface area contributed by atoms with Crippen LogP contribution in [-0.4, -0.2) is 23.6 Å². The molecular weight excluding hydrogens is 273 g/mol. The number of aliphatic hydroxyl groups excluding tert-OH is 1. The van der Waals surface area contributed by atoms with Gasteiger partial charge in [0.15, 0.2) is 0 Å². The molecule has 0 saturated heterocycles. The first-order valence-electron chi connectivity index (χ1n) is 6.71. The first kappa shape index (κ1) is 15.2. The summed E-state index contributed by atoms with van der Waals surface area (Å²) in [5.41, 5.74) is 1.26. The van der Waals surface area contributed by atoms with Crippen LogP contribution in [0.5, 0.6) is 0 Å². The molecule has 0 aliphatic heterocycles. The molecule has 1 unspecified atom stereocenters. The first-order valence-corrected chi connectivity index (χ1v) is 7.59. The Morgan fingerprint density at radius 3 is 2.80 bits per heavy atom. The zero-order valence-electron chi connectivity index (χ0n) is 11.8. The maximum absolute atomic E-state index is 13.5. The van der Waals surface area contributed by atoms with Crippen molar-refractivity contribution in [1.29, 1.82) is 0 Å². The Morgan fingerprint density at radius 2 is 2.15 bits per heavy atom. The normalized spacial score (nSPS) is 12.8. The van der Waals surface area contributed by atoms with Crippen LogP contribution in [0.3, 0.4) is 0 Å². The Kier molecular flexibility index (Phi) is 5.29. The Hall–Kier alpha value is -1.23. The molecule has 1 atom stereocenters. The van der Waals surface area contributed by atoms with Crippen molar-refractivity contribution in [2.45, 2.75) is 26.0 Å². The topological polar surface area (TPSA) is 23.5 Å². The summed E-state index contributed by atoms with van der Waals surface area (Å²) in [5, 5.41) is 12.2. The summed E-state index contributed by atoms with van der Waals surface area (Å²) in [6.45, 7) is 3.38. The van der Waals surface area contributed by atoms with E-state index in [4.69, 9.17) is 0 Å². The van der Waals surface area contributed by atoms with Crippen molar-refractivity contribution in [3.63, 3.8) is 0 Å². The number of benzene rings is 1. The van der Waals surface area contributed by atoms with E-state index in [2.05, 4.69) is 16.3 Å². The number of thiophene rings is 1. The fourth-order valence-corrected chi connectivity index (χ4v) is 2.86. The van der Waals surface area contributed by atoms with Crippen LogP contribution in [0.25, 0.3) is 0 Å². The molecule has 1 aromatic heterocycles. The molecule has 0 spiro atoms. The van der Waals surface area contributed by atoms with Crippen molar-refractivity contribution >= 4 is 11.3 Å². The van der Waals surface area contributed by atoms with Crippen molar-refractivity contribution in [1.82, 2.24) is 4.90 Å². The highest BCUT2D eigenvalue weighted by Gasteiger charge is 2.11. The van der Waals surface area contributed by atoms with E-state index in [0.717, 1.165) is 13.1 Å². The molecule has 0 bridgehead atoms. The third-order valence-electron chi connectivity index (χ3n) is 3.37. The molecule has 1 N–H and O–H groups in total. The second-order valence-electron chi connectivity index (χ2n) is 5.13. The largest absolute Gasteiger partial charge is 0.388 e. The first-order chi connectivity index (χ1) is 9.56. The van der Waals surface area contributed by atoms with E-state index in [1.165, 1.54) is 10.9 Å². The van der Waals surface area contributed by atoms with Gasteiger partial charge in [0.1, 0.15) is 5.82 Å². The van der Waals surface area contributed by atoms with Gasteiger partial charge < -0.3 is 10.0 Å². The predicted molar refractivity (Wildman–Crippen MR) is 81.4 cm³/mol. The Balaban J connectivity index is 1.85. The Labute approximate surface area is 123 Å². The van der Waals surface area contributed by atoms with Crippen LogP contribution in [0.1, 0.15) is 28.5 Å². The van der Waals surface area contributed by atoms with Gasteiger partial charge >= 0.3 is 0 Å². The Morgan fingerprint density at radius 1 is 1.35 bits per heavy atom. The van der Waals surface area contributed by atoms with E-state index >= 15 is 0 Å². The van der Waals surface area contributed by atoms with Crippen LogP contribution in [0, 0.1) is 12.7 Å². The van der Waals surface area contributed by atoms with Crippen molar-refractivity contribution in [2.24, 2.45) is 0 Å². The smallest absolute Gasteiger partial charge is 0.126 e. The van der Waals surface area contributed by atoms with E-state index in [1.807, 2.05) is 13.1 Å². The van der Waals surface area contributed by atoms with E-state index in [1.54, 1.807) is 30.4 Å². The Bertz CT molecular complexity index is 541. The van der Waals surface area contributed by atoms with E-state index in [9.17, 15) is 9.50 Å². The molecule has 0 fully saturated rings. The molecule has 2 rings (SSSR count). The van der Waals surface area contributed by atoms with Crippen molar-refractivity contribution in [3.05, 3.63) is 57.5 Å². The third kappa shape index (κ3) is 4.13. The maximum Gasteiger partial charge on any atom is 0.126 e. The molecule has 0 saturated carbocycles. The minimum atomic E-state index is -0.615. The summed E-state index contributed by atoms with van der Waals surface area (Å²) in [7, 11) is 2.03. The molecule has 0 aliphatic carbocycles. The lowest BCUT2D eigenvalue weighted by atomic mass is 10.0. The molecule has 2 nitrogen and oxygen atoms in total. The van der Waals surface area contributed by atoms with Gasteiger partial charge in [0.25, 0.3) is 0 Å². The number of halogens is 1. The fraction of sp³-hybridized carbons (Fsp3) is 0.375. The predicted octanol–water partition coefficient (Wildman–Crippen LogP) is 3.75. The van der Waals surface area contributed by atoms with Gasteiger partial charge in [-0.05, 0) is 49.0 Å². The molecule has 1 heterocycles. The lowest BCUT2D eigenvalue weighted by Crippen LogP contribution is -2.20. The molecule has 0 amide bonds. The molecule has 1 aromatic carbocycles. The van der Waals surface area contributed by atoms with Crippen molar-refractivity contribution in [3.8, 4) is 0 Å². The maximum atomic E-state index is 13.5. The van der Waals surface area contributed by atoms with E-state index in [-0.39, 0.29) is 5.82 Å². The summed E-state index contributed by atoms with van der Waals surface area (Å²) < 4.78 is 13.5. The molecule has 4 heteroatoms. The van der Waals surface area contributed by atoms with Gasteiger partial charge in [-0.1, -0.05) is 18.2 Å². The minimum absolute atomic E-state index is 0.256. The summed E-state index contributed by atoms with van der Waals surface area (Å²) in [5.74, 6) is -0.256. The second kappa shape index (κ2) is 6.97. The number of hydrogen-bond donors (Lipinski definition) is 1. The van der Waals surface area contributed by atoms with Gasteiger partial charge in [0, 0.05) is 18.0 Å². The van der Waals surface area contributed by atoms with Gasteiger partial charge in [-0.3, -0.25) is 0 Å². The van der Waals surface area contributed by atoms with Gasteiger partial charge in [-0.25, -0.2) is 4.39 Å². The van der Waals surface area contributed by atoms with Crippen LogP contribution in [-0.2, 0) is 6.54 Å². The third-order valence-corrected chi connectivity index (χ3v) is 4.23. The number of aryl methyl sites for hydroxylation is 1. The van der Waals surface area contributed by atoms with Gasteiger partial charge in [-0.15, -0.1) is 11.3 Å². The molecule has 2 aromatic rings. The number of hydrogen-bond acceptors (Lipinski definition) is 3. The second-order valence-corrected chi connectivity index (χ2v) is 6.16. The average Bonchev–Trinajstić information content (AvgIpc) is 2.92. The van der Waals surface area contributed by atoms with Gasteiger partial charge in [-0.2, -0.15) is 0 Å². The zero-order valence-corrected chi connectivity index (χ0v) is 12.7. The average molecular weight is 293 g/mol. The highest BCUT2D eigenvalue weighted by Crippen LogP contribution is 2.20. The van der Waals surface area contributed by atoms with Crippen LogP contribution < -0.4 is 0 Å². The van der Waals surface area contributed by atoms with Crippen molar-refractivity contribution in [2.75, 3.05) is 13.6 Å². The highest BCUT2D eigenvalue weighted by atomic mass is 32.1. The van der Waals surface area contributed by atoms with Gasteiger partial charge in [0.05, 0.1) is 6.10 Å². The number of nitrogens with zero attached hydrogens (tertiary/aromatic N) is 1. The molecule has 0 aliphatic rings. The monoisotopic (exact) mass is 293 g/mol. The van der Waals surface area contributed by atoms with Crippen LogP contribution in [0.15, 0.2) is 35.7 Å². The SMILES string of the molecule is Cc1ccc(C(O)CCN(C)Cc2cccs2)cc1F. The van der Waals surface area contributed by atoms with Crippen LogP contribution in [0.2, 0.25) is 0 Å². The number of rotatable bonds is 6. The fourth-order valence-electron chi connectivity index (χ4n) is 2.07. The zero-order chi connectivity index (χ0) is 14.5. The molecule has 0 radical (unpaired) electrons. The van der Waals surface area contributed by atoms with Gasteiger partial charge in [0.2, 0.25) is 0 Å². The molecule has 108 valence electrons. The lowest BCUT2D eigenvalue weighted by molar-refractivity contribution is 0.147. The molecular formula is C16H20FNOS. The summed E-state index contributed by atoms with van der Waals surface area (Å²) in [6, 6.07) is 9.08. The van der Waals surface area contributed by atoms with Crippen molar-refractivity contribution < 1.29 is 9.50 Å². The summed E-state index contributed by atoms with van der Waals surface area (Å²) in [6.07, 6.45) is -0.0134. The van der Waals surface area contributed by atoms with Crippen LogP contribution in [0.4, 0.5) is 4.39 Å². The minimum Gasteiger partial charge on any atom is -0.388 e. The standard InChI is InChI=1S/C16H20FNOS/c1-12-5-6-13(10-15(12)17)16(19)7-8-18(2)11-14-4-3-9-20-14/h3-6,9-10,16,19H,7-8,11H2,1-2H3. The lowest BCUT2D eigenvalue weighted by Gasteiger charge is -2.18. The molecule has 20 heavy (non-hydrogen) atoms. The summed E-state index contributed by atoms with van der Waals surface area (Å²) >= 11 is 1.73. The van der Waals surface area contributed by atoms with E-state index < -0.39 is 6.10 Å². The highest BCUT2D eigenvalue weighted by molar-refractivity contribution is 7.09. The van der Waals surface area contributed by atoms with Crippen LogP contribution >= 0.6 is 11.3 Å².